The van der Waals surface area contributed by atoms with Crippen LogP contribution >= 0.6 is 0 Å². The van der Waals surface area contributed by atoms with Gasteiger partial charge < -0.3 is 10.8 Å². The van der Waals surface area contributed by atoms with Crippen molar-refractivity contribution in [1.82, 2.24) is 4.90 Å². The van der Waals surface area contributed by atoms with Gasteiger partial charge >= 0.3 is 0 Å². The van der Waals surface area contributed by atoms with E-state index >= 15 is 0 Å². The zero-order chi connectivity index (χ0) is 12.4. The molecule has 5 atom stereocenters. The molecule has 17 heavy (non-hydrogen) atoms. The second kappa shape index (κ2) is 5.68. The van der Waals surface area contributed by atoms with Crippen molar-refractivity contribution in [3.05, 3.63) is 0 Å². The predicted octanol–water partition coefficient (Wildman–Crippen LogP) is 1.45. The Morgan fingerprint density at radius 2 is 2.00 bits per heavy atom. The summed E-state index contributed by atoms with van der Waals surface area (Å²) in [7, 11) is 0. The minimum absolute atomic E-state index is 0.309. The molecule has 0 aromatic heterocycles. The number of nitrogens with zero attached hydrogens (tertiary/aromatic N) is 1. The second-order valence-corrected chi connectivity index (χ2v) is 6.24. The summed E-state index contributed by atoms with van der Waals surface area (Å²) in [6, 6.07) is 0.991. The highest BCUT2D eigenvalue weighted by atomic mass is 16.3. The molecule has 0 aromatic rings. The lowest BCUT2D eigenvalue weighted by Crippen LogP contribution is -2.50. The van der Waals surface area contributed by atoms with Crippen molar-refractivity contribution < 1.29 is 5.11 Å². The van der Waals surface area contributed by atoms with Crippen molar-refractivity contribution in [3.63, 3.8) is 0 Å². The number of likely N-dealkylation sites (tertiary alicyclic amines) is 1. The molecular formula is C14H28N2O. The maximum atomic E-state index is 9.59. The maximum absolute atomic E-state index is 9.59. The molecule has 3 N–H and O–H groups in total. The first-order chi connectivity index (χ1) is 8.17. The van der Waals surface area contributed by atoms with Crippen LogP contribution in [0.1, 0.15) is 39.5 Å². The molecule has 0 bridgehead atoms. The van der Waals surface area contributed by atoms with Crippen molar-refractivity contribution >= 4 is 0 Å². The van der Waals surface area contributed by atoms with Crippen molar-refractivity contribution in [2.24, 2.45) is 23.5 Å². The zero-order valence-electron chi connectivity index (χ0n) is 11.3. The summed E-state index contributed by atoms with van der Waals surface area (Å²) in [5.41, 5.74) is 5.94. The van der Waals surface area contributed by atoms with Crippen molar-refractivity contribution in [2.45, 2.75) is 51.6 Å². The van der Waals surface area contributed by atoms with E-state index in [2.05, 4.69) is 18.7 Å². The Hall–Kier alpha value is -0.120. The van der Waals surface area contributed by atoms with E-state index in [1.807, 2.05) is 0 Å². The van der Waals surface area contributed by atoms with Crippen LogP contribution in [0.15, 0.2) is 0 Å². The summed E-state index contributed by atoms with van der Waals surface area (Å²) >= 11 is 0. The SMILES string of the molecule is CC1CCC(CN)C(N2CCC(C)C2CO)C1. The molecule has 0 aromatic carbocycles. The fourth-order valence-corrected chi connectivity index (χ4v) is 3.83. The predicted molar refractivity (Wildman–Crippen MR) is 70.7 cm³/mol. The molecule has 5 unspecified atom stereocenters. The Labute approximate surface area is 105 Å². The van der Waals surface area contributed by atoms with Crippen LogP contribution in [-0.2, 0) is 0 Å². The van der Waals surface area contributed by atoms with Crippen LogP contribution in [0.5, 0.6) is 0 Å². The van der Waals surface area contributed by atoms with Crippen LogP contribution in [0.3, 0.4) is 0 Å². The van der Waals surface area contributed by atoms with Gasteiger partial charge in [0.1, 0.15) is 0 Å². The molecule has 1 saturated carbocycles. The molecule has 3 nitrogen and oxygen atoms in total. The van der Waals surface area contributed by atoms with Gasteiger partial charge in [-0.1, -0.05) is 20.3 Å². The summed E-state index contributed by atoms with van der Waals surface area (Å²) in [4.78, 5) is 2.57. The van der Waals surface area contributed by atoms with E-state index in [1.165, 1.54) is 25.7 Å². The van der Waals surface area contributed by atoms with Crippen molar-refractivity contribution in [1.29, 1.82) is 0 Å². The standard InChI is InChI=1S/C14H28N2O/c1-10-3-4-12(8-15)13(7-10)16-6-5-11(2)14(16)9-17/h10-14,17H,3-9,15H2,1-2H3. The van der Waals surface area contributed by atoms with Gasteiger partial charge in [-0.25, -0.2) is 0 Å². The number of hydrogen-bond acceptors (Lipinski definition) is 3. The zero-order valence-corrected chi connectivity index (χ0v) is 11.3. The lowest BCUT2D eigenvalue weighted by atomic mass is 9.78. The molecule has 1 heterocycles. The monoisotopic (exact) mass is 240 g/mol. The topological polar surface area (TPSA) is 49.5 Å². The molecule has 2 fully saturated rings. The van der Waals surface area contributed by atoms with Crippen LogP contribution < -0.4 is 5.73 Å². The second-order valence-electron chi connectivity index (χ2n) is 6.24. The molecule has 1 aliphatic carbocycles. The van der Waals surface area contributed by atoms with Crippen LogP contribution in [0.2, 0.25) is 0 Å². The highest BCUT2D eigenvalue weighted by Gasteiger charge is 2.40. The summed E-state index contributed by atoms with van der Waals surface area (Å²) < 4.78 is 0. The maximum Gasteiger partial charge on any atom is 0.0589 e. The first-order valence-electron chi connectivity index (χ1n) is 7.24. The van der Waals surface area contributed by atoms with Gasteiger partial charge in [-0.15, -0.1) is 0 Å². The fourth-order valence-electron chi connectivity index (χ4n) is 3.83. The number of aliphatic hydroxyl groups is 1. The van der Waals surface area contributed by atoms with E-state index in [0.717, 1.165) is 19.0 Å². The van der Waals surface area contributed by atoms with E-state index in [-0.39, 0.29) is 0 Å². The number of hydrogen-bond donors (Lipinski definition) is 2. The van der Waals surface area contributed by atoms with E-state index in [9.17, 15) is 5.11 Å². The fraction of sp³-hybridized carbons (Fsp3) is 1.00. The van der Waals surface area contributed by atoms with Gasteiger partial charge in [0.15, 0.2) is 0 Å². The Bertz CT molecular complexity index is 246. The molecule has 3 heteroatoms. The molecule has 1 saturated heterocycles. The number of nitrogens with two attached hydrogens (primary N) is 1. The van der Waals surface area contributed by atoms with E-state index in [4.69, 9.17) is 5.73 Å². The first-order valence-corrected chi connectivity index (χ1v) is 7.24. The first kappa shape index (κ1) is 13.3. The minimum atomic E-state index is 0.309. The molecule has 2 rings (SSSR count). The normalized spacial score (nSPS) is 44.1. The van der Waals surface area contributed by atoms with E-state index < -0.39 is 0 Å². The Morgan fingerprint density at radius 3 is 2.65 bits per heavy atom. The largest absolute Gasteiger partial charge is 0.395 e. The summed E-state index contributed by atoms with van der Waals surface area (Å²) in [6.07, 6.45) is 5.09. The molecular weight excluding hydrogens is 212 g/mol. The Morgan fingerprint density at radius 1 is 1.24 bits per heavy atom. The lowest BCUT2D eigenvalue weighted by Gasteiger charge is -2.42. The number of aliphatic hydroxyl groups excluding tert-OH is 1. The smallest absolute Gasteiger partial charge is 0.0589 e. The van der Waals surface area contributed by atoms with Crippen molar-refractivity contribution in [3.8, 4) is 0 Å². The summed E-state index contributed by atoms with van der Waals surface area (Å²) in [5, 5.41) is 9.59. The van der Waals surface area contributed by atoms with Gasteiger partial charge in [-0.05, 0) is 50.1 Å². The third kappa shape index (κ3) is 2.67. The summed E-state index contributed by atoms with van der Waals surface area (Å²) in [5.74, 6) is 2.10. The Kier molecular flexibility index (Phi) is 4.45. The average Bonchev–Trinajstić information content (AvgIpc) is 2.70. The molecule has 0 spiro atoms. The molecule has 0 amide bonds. The van der Waals surface area contributed by atoms with Gasteiger partial charge in [-0.3, -0.25) is 4.90 Å². The third-order valence-corrected chi connectivity index (χ3v) is 5.06. The third-order valence-electron chi connectivity index (χ3n) is 5.06. The van der Waals surface area contributed by atoms with Crippen molar-refractivity contribution in [2.75, 3.05) is 19.7 Å². The van der Waals surface area contributed by atoms with Gasteiger partial charge in [0.05, 0.1) is 6.61 Å². The molecule has 100 valence electrons. The van der Waals surface area contributed by atoms with Gasteiger partial charge in [-0.2, -0.15) is 0 Å². The van der Waals surface area contributed by atoms with Gasteiger partial charge in [0, 0.05) is 12.1 Å². The van der Waals surface area contributed by atoms with Gasteiger partial charge in [0.25, 0.3) is 0 Å². The average molecular weight is 240 g/mol. The van der Waals surface area contributed by atoms with Crippen LogP contribution in [-0.4, -0.2) is 41.8 Å². The molecule has 0 radical (unpaired) electrons. The highest BCUT2D eigenvalue weighted by Crippen LogP contribution is 2.36. The quantitative estimate of drug-likeness (QED) is 0.785. The highest BCUT2D eigenvalue weighted by molar-refractivity contribution is 4.94. The molecule has 2 aliphatic rings. The van der Waals surface area contributed by atoms with E-state index in [0.29, 0.717) is 30.5 Å². The van der Waals surface area contributed by atoms with Crippen LogP contribution in [0.4, 0.5) is 0 Å². The minimum Gasteiger partial charge on any atom is -0.395 e. The number of rotatable bonds is 3. The van der Waals surface area contributed by atoms with Crippen LogP contribution in [0, 0.1) is 17.8 Å². The summed E-state index contributed by atoms with van der Waals surface area (Å²) in [6.45, 7) is 6.89. The molecule has 1 aliphatic heterocycles. The van der Waals surface area contributed by atoms with Gasteiger partial charge in [0.2, 0.25) is 0 Å². The van der Waals surface area contributed by atoms with E-state index in [1.54, 1.807) is 0 Å². The lowest BCUT2D eigenvalue weighted by molar-refractivity contribution is 0.0430. The Balaban J connectivity index is 2.07. The van der Waals surface area contributed by atoms with Crippen LogP contribution in [0.25, 0.3) is 0 Å².